The number of rotatable bonds is 2. The van der Waals surface area contributed by atoms with Crippen LogP contribution >= 0.6 is 0 Å². The van der Waals surface area contributed by atoms with Crippen molar-refractivity contribution in [3.63, 3.8) is 0 Å². The highest BCUT2D eigenvalue weighted by Crippen LogP contribution is 2.20. The minimum absolute atomic E-state index is 0. The van der Waals surface area contributed by atoms with Crippen LogP contribution in [0.25, 0.3) is 0 Å². The summed E-state index contributed by atoms with van der Waals surface area (Å²) in [5.41, 5.74) is 1.98. The van der Waals surface area contributed by atoms with Crippen LogP contribution in [-0.2, 0) is 0 Å². The van der Waals surface area contributed by atoms with Gasteiger partial charge < -0.3 is 0 Å². The van der Waals surface area contributed by atoms with Crippen LogP contribution in [-0.4, -0.2) is 0 Å². The van der Waals surface area contributed by atoms with E-state index in [0.717, 1.165) is 17.2 Å². The Labute approximate surface area is 138 Å². The van der Waals surface area contributed by atoms with Gasteiger partial charge in [-0.2, -0.15) is 0 Å². The fourth-order valence-corrected chi connectivity index (χ4v) is 2.08. The predicted octanol–water partition coefficient (Wildman–Crippen LogP) is 6.98. The van der Waals surface area contributed by atoms with Crippen LogP contribution in [0.4, 0.5) is 13.2 Å². The molecule has 0 saturated heterocycles. The van der Waals surface area contributed by atoms with Gasteiger partial charge in [0.25, 0.3) is 0 Å². The van der Waals surface area contributed by atoms with Crippen LogP contribution < -0.4 is 0 Å². The van der Waals surface area contributed by atoms with Gasteiger partial charge in [0.2, 0.25) is 0 Å². The standard InChI is InChI=1S/C10H13F.C9H10F2.CH4/c1-7(2)9-6-4-5-8(3)10(9)11;1-6(2)7-4-3-5-8(10)9(7)11;/h4-7H,1-3H3;3-6H,1-2H3;1H4. The summed E-state index contributed by atoms with van der Waals surface area (Å²) in [6.45, 7) is 9.45. The molecule has 0 aromatic heterocycles. The smallest absolute Gasteiger partial charge is 0.162 e. The molecule has 23 heavy (non-hydrogen) atoms. The summed E-state index contributed by atoms with van der Waals surface area (Å²) in [6, 6.07) is 9.78. The summed E-state index contributed by atoms with van der Waals surface area (Å²) in [7, 11) is 0. The van der Waals surface area contributed by atoms with Crippen molar-refractivity contribution < 1.29 is 13.2 Å². The Kier molecular flexibility index (Phi) is 8.66. The van der Waals surface area contributed by atoms with Gasteiger partial charge in [0.1, 0.15) is 5.82 Å². The predicted molar refractivity (Wildman–Crippen MR) is 92.4 cm³/mol. The van der Waals surface area contributed by atoms with Gasteiger partial charge in [-0.1, -0.05) is 65.5 Å². The second kappa shape index (κ2) is 9.39. The average molecular weight is 324 g/mol. The van der Waals surface area contributed by atoms with E-state index in [1.165, 1.54) is 6.07 Å². The molecule has 2 aromatic carbocycles. The maximum Gasteiger partial charge on any atom is 0.162 e. The minimum atomic E-state index is -0.767. The number of hydrogen-bond donors (Lipinski definition) is 0. The fourth-order valence-electron chi connectivity index (χ4n) is 2.08. The third kappa shape index (κ3) is 5.74. The zero-order valence-corrected chi connectivity index (χ0v) is 13.8. The van der Waals surface area contributed by atoms with Gasteiger partial charge in [0.05, 0.1) is 0 Å². The second-order valence-corrected chi connectivity index (χ2v) is 5.93. The van der Waals surface area contributed by atoms with Crippen LogP contribution in [0.3, 0.4) is 0 Å². The average Bonchev–Trinajstić information content (AvgIpc) is 2.45. The summed E-state index contributed by atoms with van der Waals surface area (Å²) >= 11 is 0. The van der Waals surface area contributed by atoms with E-state index < -0.39 is 11.6 Å². The minimum Gasteiger partial charge on any atom is -0.206 e. The molecule has 0 aliphatic rings. The normalized spacial score (nSPS) is 10.2. The topological polar surface area (TPSA) is 0 Å². The van der Waals surface area contributed by atoms with E-state index in [1.807, 2.05) is 39.8 Å². The molecule has 0 spiro atoms. The highest BCUT2D eigenvalue weighted by molar-refractivity contribution is 5.27. The van der Waals surface area contributed by atoms with Crippen molar-refractivity contribution in [1.82, 2.24) is 0 Å². The molecule has 0 fully saturated rings. The van der Waals surface area contributed by atoms with Crippen molar-refractivity contribution in [3.8, 4) is 0 Å². The van der Waals surface area contributed by atoms with E-state index >= 15 is 0 Å². The van der Waals surface area contributed by atoms with Crippen LogP contribution in [0, 0.1) is 24.4 Å². The third-order valence-corrected chi connectivity index (χ3v) is 3.45. The first kappa shape index (κ1) is 21.2. The van der Waals surface area contributed by atoms with Gasteiger partial charge in [-0.25, -0.2) is 13.2 Å². The molecule has 0 saturated carbocycles. The second-order valence-electron chi connectivity index (χ2n) is 5.93. The molecule has 0 radical (unpaired) electrons. The largest absolute Gasteiger partial charge is 0.206 e. The van der Waals surface area contributed by atoms with Crippen molar-refractivity contribution in [2.24, 2.45) is 0 Å². The summed E-state index contributed by atoms with van der Waals surface area (Å²) in [5.74, 6) is -1.23. The lowest BCUT2D eigenvalue weighted by molar-refractivity contribution is 0.494. The first-order valence-electron chi connectivity index (χ1n) is 7.44. The molecule has 3 heteroatoms. The maximum atomic E-state index is 13.3. The van der Waals surface area contributed by atoms with Crippen LogP contribution in [0.1, 0.15) is 63.6 Å². The number of hydrogen-bond acceptors (Lipinski definition) is 0. The van der Waals surface area contributed by atoms with E-state index in [4.69, 9.17) is 0 Å². The van der Waals surface area contributed by atoms with E-state index in [1.54, 1.807) is 19.1 Å². The Bertz CT molecular complexity index is 561. The molecule has 0 nitrogen and oxygen atoms in total. The number of aryl methyl sites for hydroxylation is 1. The molecule has 0 aliphatic heterocycles. The lowest BCUT2D eigenvalue weighted by Gasteiger charge is -2.07. The van der Waals surface area contributed by atoms with Gasteiger partial charge >= 0.3 is 0 Å². The summed E-state index contributed by atoms with van der Waals surface area (Å²) in [5, 5.41) is 0. The Morgan fingerprint density at radius 3 is 1.52 bits per heavy atom. The Morgan fingerprint density at radius 1 is 0.696 bits per heavy atom. The first-order valence-corrected chi connectivity index (χ1v) is 7.44. The van der Waals surface area contributed by atoms with Gasteiger partial charge in [0.15, 0.2) is 11.6 Å². The van der Waals surface area contributed by atoms with Crippen LogP contribution in [0.5, 0.6) is 0 Å². The fraction of sp³-hybridized carbons (Fsp3) is 0.400. The molecule has 0 bridgehead atoms. The van der Waals surface area contributed by atoms with Gasteiger partial charge in [-0.05, 0) is 41.5 Å². The molecule has 0 heterocycles. The maximum absolute atomic E-state index is 13.3. The molecule has 0 unspecified atom stereocenters. The molecule has 0 amide bonds. The highest BCUT2D eigenvalue weighted by Gasteiger charge is 2.09. The Balaban J connectivity index is 0.000000403. The van der Waals surface area contributed by atoms with Gasteiger partial charge in [-0.3, -0.25) is 0 Å². The summed E-state index contributed by atoms with van der Waals surface area (Å²) in [4.78, 5) is 0. The summed E-state index contributed by atoms with van der Waals surface area (Å²) in [6.07, 6.45) is 0. The summed E-state index contributed by atoms with van der Waals surface area (Å²) < 4.78 is 38.7. The van der Waals surface area contributed by atoms with Gasteiger partial charge in [0, 0.05) is 0 Å². The molecular formula is C20H27F3. The number of benzene rings is 2. The first-order chi connectivity index (χ1) is 10.3. The highest BCUT2D eigenvalue weighted by atomic mass is 19.2. The molecule has 0 N–H and O–H groups in total. The molecule has 0 atom stereocenters. The molecule has 2 rings (SSSR count). The molecule has 0 aliphatic carbocycles. The quantitative estimate of drug-likeness (QED) is 0.559. The molecule has 128 valence electrons. The van der Waals surface area contributed by atoms with Crippen LogP contribution in [0.2, 0.25) is 0 Å². The van der Waals surface area contributed by atoms with Crippen molar-refractivity contribution in [2.45, 2.75) is 53.9 Å². The monoisotopic (exact) mass is 324 g/mol. The van der Waals surface area contributed by atoms with E-state index in [9.17, 15) is 13.2 Å². The zero-order valence-electron chi connectivity index (χ0n) is 13.8. The molecule has 2 aromatic rings. The van der Waals surface area contributed by atoms with Gasteiger partial charge in [-0.15, -0.1) is 0 Å². The zero-order chi connectivity index (χ0) is 16.9. The number of halogens is 3. The van der Waals surface area contributed by atoms with Crippen LogP contribution in [0.15, 0.2) is 36.4 Å². The van der Waals surface area contributed by atoms with E-state index in [-0.39, 0.29) is 25.1 Å². The van der Waals surface area contributed by atoms with Crippen molar-refractivity contribution in [3.05, 3.63) is 70.5 Å². The lowest BCUT2D eigenvalue weighted by Crippen LogP contribution is -1.95. The van der Waals surface area contributed by atoms with Crippen molar-refractivity contribution in [2.75, 3.05) is 0 Å². The van der Waals surface area contributed by atoms with E-state index in [0.29, 0.717) is 5.56 Å². The Morgan fingerprint density at radius 2 is 1.13 bits per heavy atom. The van der Waals surface area contributed by atoms with E-state index in [2.05, 4.69) is 0 Å². The molecular weight excluding hydrogens is 297 g/mol. The third-order valence-electron chi connectivity index (χ3n) is 3.45. The van der Waals surface area contributed by atoms with Crippen molar-refractivity contribution in [1.29, 1.82) is 0 Å². The van der Waals surface area contributed by atoms with Crippen molar-refractivity contribution >= 4 is 0 Å². The Hall–Kier alpha value is -1.77. The lowest BCUT2D eigenvalue weighted by atomic mass is 10.0. The SMILES string of the molecule is C.CC(C)c1cccc(F)c1F.Cc1cccc(C(C)C)c1F.